The molecule has 118 valence electrons. The molecular formula is C10H11F8NO. The van der Waals surface area contributed by atoms with Crippen LogP contribution in [0, 0.1) is 0 Å². The standard InChI is InChI=1S/C10H11F8NO/c1-5(11)8(2,12)19-3-6(9(13,14)15)20-7(4-19)10(16,17)18/h6-7H,1,3-4H2,2H3. The first-order valence-electron chi connectivity index (χ1n) is 5.34. The van der Waals surface area contributed by atoms with Gasteiger partial charge < -0.3 is 4.74 Å². The van der Waals surface area contributed by atoms with Crippen molar-refractivity contribution in [3.63, 3.8) is 0 Å². The molecular weight excluding hydrogens is 302 g/mol. The van der Waals surface area contributed by atoms with E-state index in [0.29, 0.717) is 6.92 Å². The summed E-state index contributed by atoms with van der Waals surface area (Å²) in [5.74, 6) is -4.82. The van der Waals surface area contributed by atoms with Gasteiger partial charge in [0.1, 0.15) is 5.83 Å². The Hall–Kier alpha value is -0.900. The molecule has 0 aromatic carbocycles. The summed E-state index contributed by atoms with van der Waals surface area (Å²) in [6.07, 6.45) is -16.0. The van der Waals surface area contributed by atoms with Crippen molar-refractivity contribution in [1.82, 2.24) is 4.90 Å². The maximum atomic E-state index is 13.9. The second-order valence-electron chi connectivity index (χ2n) is 4.46. The molecule has 0 aliphatic carbocycles. The fourth-order valence-electron chi connectivity index (χ4n) is 1.63. The van der Waals surface area contributed by atoms with Crippen LogP contribution in [0.5, 0.6) is 0 Å². The Kier molecular flexibility index (Phi) is 4.41. The lowest BCUT2D eigenvalue weighted by molar-refractivity contribution is -0.315. The Labute approximate surface area is 109 Å². The van der Waals surface area contributed by atoms with Crippen molar-refractivity contribution in [3.8, 4) is 0 Å². The number of rotatable bonds is 2. The number of alkyl halides is 7. The van der Waals surface area contributed by atoms with Crippen LogP contribution in [0.25, 0.3) is 0 Å². The minimum atomic E-state index is -5.13. The van der Waals surface area contributed by atoms with Gasteiger partial charge in [-0.3, -0.25) is 4.90 Å². The molecule has 1 aliphatic heterocycles. The molecule has 3 atom stereocenters. The summed E-state index contributed by atoms with van der Waals surface area (Å²) >= 11 is 0. The molecule has 0 N–H and O–H groups in total. The maximum Gasteiger partial charge on any atom is 0.415 e. The molecule has 0 aromatic rings. The molecule has 1 fully saturated rings. The third-order valence-corrected chi connectivity index (χ3v) is 2.92. The van der Waals surface area contributed by atoms with Gasteiger partial charge in [-0.2, -0.15) is 26.3 Å². The summed E-state index contributed by atoms with van der Waals surface area (Å²) in [5, 5.41) is 0. The van der Waals surface area contributed by atoms with E-state index in [4.69, 9.17) is 0 Å². The van der Waals surface area contributed by atoms with Crippen molar-refractivity contribution in [2.24, 2.45) is 0 Å². The molecule has 1 rings (SSSR count). The molecule has 0 radical (unpaired) electrons. The molecule has 20 heavy (non-hydrogen) atoms. The topological polar surface area (TPSA) is 12.5 Å². The van der Waals surface area contributed by atoms with Crippen LogP contribution < -0.4 is 0 Å². The molecule has 0 bridgehead atoms. The minimum Gasteiger partial charge on any atom is -0.353 e. The highest BCUT2D eigenvalue weighted by molar-refractivity contribution is 5.04. The second-order valence-corrected chi connectivity index (χ2v) is 4.46. The Morgan fingerprint density at radius 3 is 1.60 bits per heavy atom. The lowest BCUT2D eigenvalue weighted by Gasteiger charge is -2.43. The summed E-state index contributed by atoms with van der Waals surface area (Å²) in [6.45, 7) is 0.575. The summed E-state index contributed by atoms with van der Waals surface area (Å²) in [4.78, 5) is 0.0785. The van der Waals surface area contributed by atoms with Crippen LogP contribution in [0.15, 0.2) is 12.4 Å². The first-order chi connectivity index (χ1) is 8.76. The highest BCUT2D eigenvalue weighted by Gasteiger charge is 2.56. The lowest BCUT2D eigenvalue weighted by Crippen LogP contribution is -2.61. The number of hydrogen-bond donors (Lipinski definition) is 0. The van der Waals surface area contributed by atoms with Crippen LogP contribution >= 0.6 is 0 Å². The highest BCUT2D eigenvalue weighted by Crippen LogP contribution is 2.38. The van der Waals surface area contributed by atoms with Crippen LogP contribution in [0.2, 0.25) is 0 Å². The molecule has 1 heterocycles. The first kappa shape index (κ1) is 17.2. The second kappa shape index (κ2) is 5.14. The molecule has 3 unspecified atom stereocenters. The molecule has 0 spiro atoms. The predicted molar refractivity (Wildman–Crippen MR) is 52.1 cm³/mol. The van der Waals surface area contributed by atoms with Crippen molar-refractivity contribution >= 4 is 0 Å². The summed E-state index contributed by atoms with van der Waals surface area (Å²) in [7, 11) is 0. The largest absolute Gasteiger partial charge is 0.415 e. The number of hydrogen-bond acceptors (Lipinski definition) is 2. The van der Waals surface area contributed by atoms with Crippen LogP contribution in [0.4, 0.5) is 35.1 Å². The van der Waals surface area contributed by atoms with Crippen molar-refractivity contribution in [2.75, 3.05) is 13.1 Å². The van der Waals surface area contributed by atoms with E-state index in [9.17, 15) is 35.1 Å². The van der Waals surface area contributed by atoms with Crippen LogP contribution in [0.3, 0.4) is 0 Å². The molecule has 10 heteroatoms. The zero-order valence-corrected chi connectivity index (χ0v) is 10.2. The van der Waals surface area contributed by atoms with Gasteiger partial charge in [0.05, 0.1) is 0 Å². The average molecular weight is 313 g/mol. The van der Waals surface area contributed by atoms with Gasteiger partial charge in [0.15, 0.2) is 12.2 Å². The molecule has 1 saturated heterocycles. The Morgan fingerprint density at radius 1 is 1.00 bits per heavy atom. The zero-order valence-electron chi connectivity index (χ0n) is 10.2. The summed E-state index contributed by atoms with van der Waals surface area (Å²) in [6, 6.07) is 0. The molecule has 0 saturated carbocycles. The Balaban J connectivity index is 3.06. The van der Waals surface area contributed by atoms with E-state index >= 15 is 0 Å². The number of halogens is 8. The number of ether oxygens (including phenoxy) is 1. The average Bonchev–Trinajstić information content (AvgIpc) is 2.25. The third-order valence-electron chi connectivity index (χ3n) is 2.92. The van der Waals surface area contributed by atoms with E-state index in [2.05, 4.69) is 11.3 Å². The molecule has 0 aromatic heterocycles. The quantitative estimate of drug-likeness (QED) is 0.573. The van der Waals surface area contributed by atoms with E-state index in [-0.39, 0.29) is 4.90 Å². The third kappa shape index (κ3) is 3.60. The van der Waals surface area contributed by atoms with Gasteiger partial charge in [0.2, 0.25) is 5.79 Å². The molecule has 0 amide bonds. The SMILES string of the molecule is C=C(F)C(C)(F)N1CC(C(F)(F)F)OC(C(F)(F)F)C1. The van der Waals surface area contributed by atoms with E-state index in [1.54, 1.807) is 0 Å². The predicted octanol–water partition coefficient (Wildman–Crippen LogP) is 3.35. The van der Waals surface area contributed by atoms with E-state index in [0.717, 1.165) is 0 Å². The minimum absolute atomic E-state index is 0.0785. The number of nitrogens with zero attached hydrogens (tertiary/aromatic N) is 1. The Morgan fingerprint density at radius 2 is 1.35 bits per heavy atom. The summed E-state index contributed by atoms with van der Waals surface area (Å²) in [5.41, 5.74) is 0. The molecule has 1 aliphatic rings. The van der Waals surface area contributed by atoms with Crippen molar-refractivity contribution in [3.05, 3.63) is 12.4 Å². The van der Waals surface area contributed by atoms with E-state index in [1.807, 2.05) is 0 Å². The summed E-state index contributed by atoms with van der Waals surface area (Å²) < 4.78 is 106. The van der Waals surface area contributed by atoms with Gasteiger partial charge in [-0.05, 0) is 6.92 Å². The number of morpholine rings is 1. The van der Waals surface area contributed by atoms with E-state index in [1.165, 1.54) is 0 Å². The monoisotopic (exact) mass is 313 g/mol. The van der Waals surface area contributed by atoms with Crippen LogP contribution in [-0.4, -0.2) is 48.3 Å². The first-order valence-corrected chi connectivity index (χ1v) is 5.34. The normalized spacial score (nSPS) is 29.1. The van der Waals surface area contributed by atoms with Gasteiger partial charge in [-0.1, -0.05) is 6.58 Å². The maximum absolute atomic E-state index is 13.9. The highest BCUT2D eigenvalue weighted by atomic mass is 19.4. The van der Waals surface area contributed by atoms with Gasteiger partial charge in [0, 0.05) is 13.1 Å². The lowest BCUT2D eigenvalue weighted by atomic mass is 10.1. The van der Waals surface area contributed by atoms with Crippen LogP contribution in [0.1, 0.15) is 6.92 Å². The molecule has 2 nitrogen and oxygen atoms in total. The Bertz CT molecular complexity index is 352. The zero-order chi connectivity index (χ0) is 15.9. The fraction of sp³-hybridized carbons (Fsp3) is 0.800. The van der Waals surface area contributed by atoms with Crippen molar-refractivity contribution in [2.45, 2.75) is 37.3 Å². The van der Waals surface area contributed by atoms with E-state index < -0.39 is 49.3 Å². The smallest absolute Gasteiger partial charge is 0.353 e. The fourth-order valence-corrected chi connectivity index (χ4v) is 1.63. The van der Waals surface area contributed by atoms with Gasteiger partial charge >= 0.3 is 12.4 Å². The van der Waals surface area contributed by atoms with Crippen LogP contribution in [-0.2, 0) is 4.74 Å². The van der Waals surface area contributed by atoms with Gasteiger partial charge in [-0.25, -0.2) is 8.78 Å². The van der Waals surface area contributed by atoms with Crippen molar-refractivity contribution in [1.29, 1.82) is 0 Å². The van der Waals surface area contributed by atoms with Crippen molar-refractivity contribution < 1.29 is 39.9 Å². The van der Waals surface area contributed by atoms with Gasteiger partial charge in [0.25, 0.3) is 0 Å². The van der Waals surface area contributed by atoms with Gasteiger partial charge in [-0.15, -0.1) is 0 Å².